The quantitative estimate of drug-likeness (QED) is 0.602. The molecular formula is C7H12N2O3. The molecule has 1 heterocycles. The van der Waals surface area contributed by atoms with Crippen LogP contribution in [0.15, 0.2) is 0 Å². The molecule has 0 bridgehead atoms. The largest absolute Gasteiger partial charge is 0.481 e. The highest BCUT2D eigenvalue weighted by atomic mass is 16.4. The lowest BCUT2D eigenvalue weighted by Crippen LogP contribution is -2.49. The highest BCUT2D eigenvalue weighted by Crippen LogP contribution is 2.08. The van der Waals surface area contributed by atoms with Gasteiger partial charge in [-0.2, -0.15) is 0 Å². The van der Waals surface area contributed by atoms with Gasteiger partial charge in [-0.25, -0.2) is 4.79 Å². The Morgan fingerprint density at radius 2 is 2.50 bits per heavy atom. The predicted octanol–water partition coefficient (Wildman–Crippen LogP) is -0.268. The van der Waals surface area contributed by atoms with E-state index in [-0.39, 0.29) is 18.4 Å². The molecule has 0 saturated carbocycles. The zero-order valence-corrected chi connectivity index (χ0v) is 6.91. The number of amides is 2. The Bertz CT molecular complexity index is 205. The van der Waals surface area contributed by atoms with E-state index in [1.165, 1.54) is 4.90 Å². The number of nitrogens with one attached hydrogen (secondary N) is 1. The van der Waals surface area contributed by atoms with Crippen molar-refractivity contribution in [2.45, 2.75) is 6.42 Å². The predicted molar refractivity (Wildman–Crippen MR) is 41.8 cm³/mol. The van der Waals surface area contributed by atoms with Crippen molar-refractivity contribution < 1.29 is 14.7 Å². The van der Waals surface area contributed by atoms with Crippen molar-refractivity contribution in [1.29, 1.82) is 0 Å². The SMILES string of the molecule is CN1CC(CC(=O)O)CNC1=O. The number of carboxylic acids is 1. The zero-order chi connectivity index (χ0) is 9.14. The van der Waals surface area contributed by atoms with E-state index in [9.17, 15) is 9.59 Å². The fraction of sp³-hybridized carbons (Fsp3) is 0.714. The van der Waals surface area contributed by atoms with Gasteiger partial charge in [0.2, 0.25) is 0 Å². The van der Waals surface area contributed by atoms with Gasteiger partial charge in [0.25, 0.3) is 0 Å². The van der Waals surface area contributed by atoms with Crippen LogP contribution in [0.1, 0.15) is 6.42 Å². The summed E-state index contributed by atoms with van der Waals surface area (Å²) in [7, 11) is 1.66. The summed E-state index contributed by atoms with van der Waals surface area (Å²) in [6.07, 6.45) is 0.116. The number of hydrogen-bond acceptors (Lipinski definition) is 2. The molecule has 1 saturated heterocycles. The molecule has 2 amide bonds. The van der Waals surface area contributed by atoms with E-state index >= 15 is 0 Å². The summed E-state index contributed by atoms with van der Waals surface area (Å²) in [6, 6.07) is -0.128. The maximum Gasteiger partial charge on any atom is 0.317 e. The molecule has 1 fully saturated rings. The molecule has 0 radical (unpaired) electrons. The molecule has 1 aliphatic rings. The molecule has 1 unspecified atom stereocenters. The van der Waals surface area contributed by atoms with Gasteiger partial charge in [-0.1, -0.05) is 0 Å². The lowest BCUT2D eigenvalue weighted by atomic mass is 10.0. The van der Waals surface area contributed by atoms with Gasteiger partial charge in [0, 0.05) is 26.1 Å². The summed E-state index contributed by atoms with van der Waals surface area (Å²) in [5.41, 5.74) is 0. The lowest BCUT2D eigenvalue weighted by molar-refractivity contribution is -0.138. The minimum absolute atomic E-state index is 0.0326. The Kier molecular flexibility index (Phi) is 2.52. The van der Waals surface area contributed by atoms with Gasteiger partial charge in [-0.15, -0.1) is 0 Å². The van der Waals surface area contributed by atoms with Crippen LogP contribution in [0.4, 0.5) is 4.79 Å². The summed E-state index contributed by atoms with van der Waals surface area (Å²) in [5.74, 6) is -0.783. The standard InChI is InChI=1S/C7H12N2O3/c1-9-4-5(2-6(10)11)3-8-7(9)12/h5H,2-4H2,1H3,(H,8,12)(H,10,11). The Labute approximate surface area is 70.4 Å². The minimum Gasteiger partial charge on any atom is -0.481 e. The molecule has 68 valence electrons. The molecular weight excluding hydrogens is 160 g/mol. The second-order valence-corrected chi connectivity index (χ2v) is 3.03. The summed E-state index contributed by atoms with van der Waals surface area (Å²) < 4.78 is 0. The highest BCUT2D eigenvalue weighted by Gasteiger charge is 2.23. The number of hydrogen-bond donors (Lipinski definition) is 2. The zero-order valence-electron chi connectivity index (χ0n) is 6.91. The third-order valence-electron chi connectivity index (χ3n) is 1.88. The van der Waals surface area contributed by atoms with Crippen molar-refractivity contribution in [3.63, 3.8) is 0 Å². The van der Waals surface area contributed by atoms with E-state index in [2.05, 4.69) is 5.32 Å². The van der Waals surface area contributed by atoms with Gasteiger partial charge in [0.15, 0.2) is 0 Å². The van der Waals surface area contributed by atoms with Gasteiger partial charge in [0.05, 0.1) is 6.42 Å². The number of urea groups is 1. The monoisotopic (exact) mass is 172 g/mol. The third kappa shape index (κ3) is 2.11. The lowest BCUT2D eigenvalue weighted by Gasteiger charge is -2.29. The van der Waals surface area contributed by atoms with Gasteiger partial charge < -0.3 is 15.3 Å². The van der Waals surface area contributed by atoms with Crippen LogP contribution in [0.25, 0.3) is 0 Å². The van der Waals surface area contributed by atoms with Crippen molar-refractivity contribution in [1.82, 2.24) is 10.2 Å². The van der Waals surface area contributed by atoms with Crippen LogP contribution < -0.4 is 5.32 Å². The van der Waals surface area contributed by atoms with Gasteiger partial charge >= 0.3 is 12.0 Å². The van der Waals surface area contributed by atoms with Crippen molar-refractivity contribution >= 4 is 12.0 Å². The third-order valence-corrected chi connectivity index (χ3v) is 1.88. The molecule has 2 N–H and O–H groups in total. The molecule has 1 aliphatic heterocycles. The van der Waals surface area contributed by atoms with Crippen molar-refractivity contribution in [2.75, 3.05) is 20.1 Å². The van der Waals surface area contributed by atoms with Gasteiger partial charge in [-0.3, -0.25) is 4.79 Å². The second kappa shape index (κ2) is 3.42. The molecule has 0 aromatic carbocycles. The Balaban J connectivity index is 2.40. The highest BCUT2D eigenvalue weighted by molar-refractivity contribution is 5.75. The fourth-order valence-electron chi connectivity index (χ4n) is 1.29. The van der Waals surface area contributed by atoms with E-state index in [1.807, 2.05) is 0 Å². The molecule has 1 atom stereocenters. The maximum absolute atomic E-state index is 10.9. The fourth-order valence-corrected chi connectivity index (χ4v) is 1.29. The Morgan fingerprint density at radius 3 is 3.00 bits per heavy atom. The van der Waals surface area contributed by atoms with Crippen LogP contribution in [-0.2, 0) is 4.79 Å². The normalized spacial score (nSPS) is 23.6. The molecule has 5 nitrogen and oxygen atoms in total. The van der Waals surface area contributed by atoms with E-state index in [1.54, 1.807) is 7.05 Å². The van der Waals surface area contributed by atoms with Gasteiger partial charge in [-0.05, 0) is 0 Å². The molecule has 5 heteroatoms. The first-order chi connectivity index (χ1) is 5.59. The van der Waals surface area contributed by atoms with Crippen LogP contribution in [0.2, 0.25) is 0 Å². The van der Waals surface area contributed by atoms with E-state index in [4.69, 9.17) is 5.11 Å². The first-order valence-corrected chi connectivity index (χ1v) is 3.80. The first kappa shape index (κ1) is 8.83. The molecule has 0 spiro atoms. The number of carbonyl (C=O) groups excluding carboxylic acids is 1. The first-order valence-electron chi connectivity index (χ1n) is 3.80. The molecule has 0 aliphatic carbocycles. The van der Waals surface area contributed by atoms with Crippen LogP contribution >= 0.6 is 0 Å². The average Bonchev–Trinajstić information content (AvgIpc) is 1.96. The number of aliphatic carboxylic acids is 1. The molecule has 12 heavy (non-hydrogen) atoms. The van der Waals surface area contributed by atoms with E-state index < -0.39 is 5.97 Å². The average molecular weight is 172 g/mol. The van der Waals surface area contributed by atoms with Crippen LogP contribution in [0.3, 0.4) is 0 Å². The minimum atomic E-state index is -0.815. The van der Waals surface area contributed by atoms with Gasteiger partial charge in [0.1, 0.15) is 0 Å². The second-order valence-electron chi connectivity index (χ2n) is 3.03. The smallest absolute Gasteiger partial charge is 0.317 e. The Morgan fingerprint density at radius 1 is 1.83 bits per heavy atom. The topological polar surface area (TPSA) is 69.6 Å². The summed E-state index contributed by atoms with van der Waals surface area (Å²) in [5, 5.41) is 11.1. The number of rotatable bonds is 2. The number of carboxylic acid groups (broad SMARTS) is 1. The summed E-state index contributed by atoms with van der Waals surface area (Å²) in [4.78, 5) is 22.7. The summed E-state index contributed by atoms with van der Waals surface area (Å²) >= 11 is 0. The van der Waals surface area contributed by atoms with E-state index in [0.29, 0.717) is 13.1 Å². The van der Waals surface area contributed by atoms with Crippen LogP contribution in [0.5, 0.6) is 0 Å². The van der Waals surface area contributed by atoms with Crippen molar-refractivity contribution in [2.24, 2.45) is 5.92 Å². The Hall–Kier alpha value is -1.26. The molecule has 0 aromatic rings. The van der Waals surface area contributed by atoms with Crippen molar-refractivity contribution in [3.05, 3.63) is 0 Å². The van der Waals surface area contributed by atoms with E-state index in [0.717, 1.165) is 0 Å². The van der Waals surface area contributed by atoms with Crippen LogP contribution in [-0.4, -0.2) is 42.1 Å². The number of carbonyl (C=O) groups is 2. The van der Waals surface area contributed by atoms with Crippen LogP contribution in [0, 0.1) is 5.92 Å². The summed E-state index contributed by atoms with van der Waals surface area (Å²) in [6.45, 7) is 0.994. The molecule has 1 rings (SSSR count). The van der Waals surface area contributed by atoms with Crippen molar-refractivity contribution in [3.8, 4) is 0 Å². The molecule has 0 aromatic heterocycles. The maximum atomic E-state index is 10.9. The number of nitrogens with zero attached hydrogens (tertiary/aromatic N) is 1.